The average Bonchev–Trinajstić information content (AvgIpc) is 2.80. The van der Waals surface area contributed by atoms with Gasteiger partial charge >= 0.3 is 0 Å². The van der Waals surface area contributed by atoms with Gasteiger partial charge in [-0.1, -0.05) is 0 Å². The molecular weight excluding hydrogens is 368 g/mol. The first-order valence-electron chi connectivity index (χ1n) is 6.01. The number of rotatable bonds is 6. The molecule has 0 aliphatic rings. The van der Waals surface area contributed by atoms with Crippen LogP contribution in [0.3, 0.4) is 0 Å². The third-order valence-corrected chi connectivity index (χ3v) is 4.55. The Labute approximate surface area is 129 Å². The van der Waals surface area contributed by atoms with E-state index in [0.29, 0.717) is 19.0 Å². The summed E-state index contributed by atoms with van der Waals surface area (Å²) in [6.45, 7) is 0.636. The Morgan fingerprint density at radius 1 is 1.33 bits per heavy atom. The molecule has 0 saturated heterocycles. The second kappa shape index (κ2) is 6.63. The Morgan fingerprint density at radius 2 is 2.10 bits per heavy atom. The van der Waals surface area contributed by atoms with Crippen LogP contribution in [0.2, 0.25) is 0 Å². The summed E-state index contributed by atoms with van der Waals surface area (Å²) >= 11 is 3.25. The maximum absolute atomic E-state index is 13.4. The first-order chi connectivity index (χ1) is 9.88. The minimum absolute atomic E-state index is 0.122. The summed E-state index contributed by atoms with van der Waals surface area (Å²) in [6.07, 6.45) is 3.86. The maximum Gasteiger partial charge on any atom is 0.243 e. The molecule has 0 spiro atoms. The van der Waals surface area contributed by atoms with Crippen LogP contribution in [0.25, 0.3) is 0 Å². The lowest BCUT2D eigenvalue weighted by atomic mass is 10.3. The van der Waals surface area contributed by atoms with Gasteiger partial charge in [-0.3, -0.25) is 4.68 Å². The van der Waals surface area contributed by atoms with E-state index in [2.05, 4.69) is 25.8 Å². The molecule has 1 aromatic carbocycles. The number of nitrogens with zero attached hydrogens (tertiary/aromatic N) is 2. The third kappa shape index (κ3) is 4.32. The van der Waals surface area contributed by atoms with Crippen molar-refractivity contribution in [2.24, 2.45) is 0 Å². The van der Waals surface area contributed by atoms with Crippen LogP contribution in [0.4, 0.5) is 8.78 Å². The van der Waals surface area contributed by atoms with Crippen molar-refractivity contribution in [2.75, 3.05) is 6.54 Å². The smallest absolute Gasteiger partial charge is 0.243 e. The molecule has 0 saturated carbocycles. The SMILES string of the molecule is O=S(=O)(NCCCn1cc(Br)cn1)c1ccc(F)cc1F. The molecule has 1 N–H and O–H groups in total. The van der Waals surface area contributed by atoms with Gasteiger partial charge in [-0.2, -0.15) is 5.10 Å². The standard InChI is InChI=1S/C12H12BrF2N3O2S/c13-9-7-16-18(8-9)5-1-4-17-21(19,20)12-3-2-10(14)6-11(12)15/h2-3,6-8,17H,1,4-5H2. The van der Waals surface area contributed by atoms with E-state index in [9.17, 15) is 17.2 Å². The number of hydrogen-bond donors (Lipinski definition) is 1. The summed E-state index contributed by atoms with van der Waals surface area (Å²) in [5.41, 5.74) is 0. The zero-order chi connectivity index (χ0) is 15.5. The molecule has 0 bridgehead atoms. The zero-order valence-electron chi connectivity index (χ0n) is 10.8. The van der Waals surface area contributed by atoms with Gasteiger partial charge in [0.05, 0.1) is 10.7 Å². The monoisotopic (exact) mass is 379 g/mol. The molecule has 21 heavy (non-hydrogen) atoms. The fourth-order valence-corrected chi connectivity index (χ4v) is 3.14. The quantitative estimate of drug-likeness (QED) is 0.783. The van der Waals surface area contributed by atoms with Crippen molar-refractivity contribution >= 4 is 26.0 Å². The van der Waals surface area contributed by atoms with Crippen LogP contribution in [0.5, 0.6) is 0 Å². The van der Waals surface area contributed by atoms with E-state index in [-0.39, 0.29) is 6.54 Å². The molecule has 2 aromatic rings. The summed E-state index contributed by atoms with van der Waals surface area (Å²) in [6, 6.07) is 2.34. The molecule has 0 aliphatic carbocycles. The van der Waals surface area contributed by atoms with E-state index in [1.807, 2.05) is 0 Å². The molecule has 2 rings (SSSR count). The lowest BCUT2D eigenvalue weighted by Crippen LogP contribution is -2.26. The fraction of sp³-hybridized carbons (Fsp3) is 0.250. The van der Waals surface area contributed by atoms with Crippen molar-refractivity contribution in [3.05, 3.63) is 46.7 Å². The Kier molecular flexibility index (Phi) is 5.07. The van der Waals surface area contributed by atoms with E-state index >= 15 is 0 Å². The molecule has 0 atom stereocenters. The van der Waals surface area contributed by atoms with Crippen molar-refractivity contribution < 1.29 is 17.2 Å². The molecule has 0 fully saturated rings. The van der Waals surface area contributed by atoms with E-state index < -0.39 is 26.6 Å². The summed E-state index contributed by atoms with van der Waals surface area (Å²) < 4.78 is 54.7. The number of nitrogens with one attached hydrogen (secondary N) is 1. The number of aryl methyl sites for hydroxylation is 1. The van der Waals surface area contributed by atoms with Crippen molar-refractivity contribution in [1.29, 1.82) is 0 Å². The van der Waals surface area contributed by atoms with E-state index in [1.165, 1.54) is 0 Å². The Bertz CT molecular complexity index is 734. The van der Waals surface area contributed by atoms with Crippen LogP contribution in [-0.2, 0) is 16.6 Å². The summed E-state index contributed by atoms with van der Waals surface area (Å²) in [7, 11) is -3.99. The highest BCUT2D eigenvalue weighted by atomic mass is 79.9. The molecule has 5 nitrogen and oxygen atoms in total. The van der Waals surface area contributed by atoms with Gasteiger partial charge in [-0.25, -0.2) is 21.9 Å². The van der Waals surface area contributed by atoms with Crippen LogP contribution in [0.15, 0.2) is 40.0 Å². The van der Waals surface area contributed by atoms with Gasteiger partial charge < -0.3 is 0 Å². The van der Waals surface area contributed by atoms with Gasteiger partial charge in [0.15, 0.2) is 0 Å². The predicted octanol–water partition coefficient (Wildman–Crippen LogP) is 2.29. The fourth-order valence-electron chi connectivity index (χ4n) is 1.68. The summed E-state index contributed by atoms with van der Waals surface area (Å²) in [5, 5.41) is 4.02. The lowest BCUT2D eigenvalue weighted by Gasteiger charge is -2.07. The number of halogens is 3. The van der Waals surface area contributed by atoms with Crippen LogP contribution in [0.1, 0.15) is 6.42 Å². The van der Waals surface area contributed by atoms with Gasteiger partial charge in [-0.15, -0.1) is 0 Å². The summed E-state index contributed by atoms with van der Waals surface area (Å²) in [4.78, 5) is -0.564. The zero-order valence-corrected chi connectivity index (χ0v) is 13.2. The largest absolute Gasteiger partial charge is 0.272 e. The first-order valence-corrected chi connectivity index (χ1v) is 8.29. The third-order valence-electron chi connectivity index (χ3n) is 2.64. The average molecular weight is 380 g/mol. The van der Waals surface area contributed by atoms with Crippen LogP contribution in [-0.4, -0.2) is 24.7 Å². The van der Waals surface area contributed by atoms with Gasteiger partial charge in [0.2, 0.25) is 10.0 Å². The highest BCUT2D eigenvalue weighted by molar-refractivity contribution is 9.10. The van der Waals surface area contributed by atoms with Crippen LogP contribution >= 0.6 is 15.9 Å². The molecule has 0 amide bonds. The Morgan fingerprint density at radius 3 is 2.71 bits per heavy atom. The highest BCUT2D eigenvalue weighted by Gasteiger charge is 2.18. The summed E-state index contributed by atoms with van der Waals surface area (Å²) in [5.74, 6) is -1.94. The van der Waals surface area contributed by atoms with E-state index in [0.717, 1.165) is 16.6 Å². The number of benzene rings is 1. The van der Waals surface area contributed by atoms with Gasteiger partial charge in [0.1, 0.15) is 16.5 Å². The molecule has 0 unspecified atom stereocenters. The van der Waals surface area contributed by atoms with E-state index in [4.69, 9.17) is 0 Å². The second-order valence-electron chi connectivity index (χ2n) is 4.25. The van der Waals surface area contributed by atoms with Crippen molar-refractivity contribution in [3.8, 4) is 0 Å². The second-order valence-corrected chi connectivity index (χ2v) is 6.90. The molecule has 1 aromatic heterocycles. The van der Waals surface area contributed by atoms with Gasteiger partial charge in [0, 0.05) is 25.4 Å². The molecular formula is C12H12BrF2N3O2S. The topological polar surface area (TPSA) is 64.0 Å². The number of sulfonamides is 1. The number of hydrogen-bond acceptors (Lipinski definition) is 3. The maximum atomic E-state index is 13.4. The van der Waals surface area contributed by atoms with Crippen LogP contribution in [0, 0.1) is 11.6 Å². The minimum atomic E-state index is -3.99. The Balaban J connectivity index is 1.92. The van der Waals surface area contributed by atoms with Gasteiger partial charge in [0.25, 0.3) is 0 Å². The van der Waals surface area contributed by atoms with Crippen molar-refractivity contribution in [1.82, 2.24) is 14.5 Å². The van der Waals surface area contributed by atoms with Gasteiger partial charge in [-0.05, 0) is 34.5 Å². The minimum Gasteiger partial charge on any atom is -0.272 e. The molecule has 0 radical (unpaired) electrons. The molecule has 0 aliphatic heterocycles. The number of aromatic nitrogens is 2. The predicted molar refractivity (Wildman–Crippen MR) is 76.1 cm³/mol. The highest BCUT2D eigenvalue weighted by Crippen LogP contribution is 2.15. The Hall–Kier alpha value is -1.32. The molecule has 9 heteroatoms. The molecule has 1 heterocycles. The normalized spacial score (nSPS) is 11.8. The first kappa shape index (κ1) is 16.1. The van der Waals surface area contributed by atoms with E-state index in [1.54, 1.807) is 17.1 Å². The lowest BCUT2D eigenvalue weighted by molar-refractivity contribution is 0.534. The van der Waals surface area contributed by atoms with Crippen molar-refractivity contribution in [3.63, 3.8) is 0 Å². The van der Waals surface area contributed by atoms with Crippen LogP contribution < -0.4 is 4.72 Å². The molecule has 114 valence electrons. The van der Waals surface area contributed by atoms with Crippen molar-refractivity contribution in [2.45, 2.75) is 17.9 Å².